The molecule has 0 aliphatic heterocycles. The summed E-state index contributed by atoms with van der Waals surface area (Å²) >= 11 is 0. The number of amides is 1. The van der Waals surface area contributed by atoms with Crippen molar-refractivity contribution < 1.29 is 22.3 Å². The van der Waals surface area contributed by atoms with Crippen molar-refractivity contribution >= 4 is 32.5 Å². The molecule has 8 nitrogen and oxygen atoms in total. The number of halogens is 1. The molecule has 0 spiro atoms. The third kappa shape index (κ3) is 4.32. The van der Waals surface area contributed by atoms with Crippen molar-refractivity contribution in [1.82, 2.24) is 9.13 Å². The summed E-state index contributed by atoms with van der Waals surface area (Å²) < 4.78 is 49.1. The van der Waals surface area contributed by atoms with Crippen LogP contribution in [0.2, 0.25) is 0 Å². The monoisotopic (exact) mass is 497 g/mol. The summed E-state index contributed by atoms with van der Waals surface area (Å²) in [4.78, 5) is 25.6. The minimum absolute atomic E-state index is 0.0146. The van der Waals surface area contributed by atoms with Crippen molar-refractivity contribution in [2.75, 3.05) is 12.4 Å². The highest BCUT2D eigenvalue weighted by atomic mass is 32.2. The number of aryl methyl sites for hydroxylation is 2. The molecule has 3 aromatic carbocycles. The number of nitrogens with one attached hydrogen (secondary N) is 1. The van der Waals surface area contributed by atoms with Crippen molar-refractivity contribution in [1.29, 1.82) is 0 Å². The Hall–Kier alpha value is -3.92. The molecule has 0 aliphatic carbocycles. The van der Waals surface area contributed by atoms with Gasteiger partial charge in [-0.15, -0.1) is 0 Å². The van der Waals surface area contributed by atoms with E-state index in [0.29, 0.717) is 29.9 Å². The Balaban J connectivity index is 1.96. The first kappa shape index (κ1) is 24.2. The summed E-state index contributed by atoms with van der Waals surface area (Å²) in [7, 11) is -2.65. The van der Waals surface area contributed by atoms with E-state index in [1.807, 2.05) is 0 Å². The lowest BCUT2D eigenvalue weighted by Crippen LogP contribution is -2.23. The van der Waals surface area contributed by atoms with Gasteiger partial charge in [-0.25, -0.2) is 17.6 Å². The zero-order valence-electron chi connectivity index (χ0n) is 19.4. The lowest BCUT2D eigenvalue weighted by atomic mass is 10.2. The van der Waals surface area contributed by atoms with Crippen molar-refractivity contribution in [3.05, 3.63) is 82.5 Å². The van der Waals surface area contributed by atoms with Crippen molar-refractivity contribution in [2.45, 2.75) is 36.7 Å². The molecule has 1 heterocycles. The molecule has 1 amide bonds. The van der Waals surface area contributed by atoms with Crippen LogP contribution in [0.25, 0.3) is 11.0 Å². The van der Waals surface area contributed by atoms with Gasteiger partial charge in [-0.1, -0.05) is 6.07 Å². The number of anilines is 1. The second-order valence-electron chi connectivity index (χ2n) is 7.75. The van der Waals surface area contributed by atoms with Crippen LogP contribution in [-0.2, 0) is 22.9 Å². The molecule has 35 heavy (non-hydrogen) atoms. The average molecular weight is 498 g/mol. The summed E-state index contributed by atoms with van der Waals surface area (Å²) in [6.07, 6.45) is 0. The Kier molecular flexibility index (Phi) is 6.49. The van der Waals surface area contributed by atoms with Crippen molar-refractivity contribution in [3.63, 3.8) is 0 Å². The second kappa shape index (κ2) is 9.38. The van der Waals surface area contributed by atoms with Crippen LogP contribution < -0.4 is 15.7 Å². The Morgan fingerprint density at radius 2 is 1.60 bits per heavy atom. The summed E-state index contributed by atoms with van der Waals surface area (Å²) in [5.41, 5.74) is 0.624. The van der Waals surface area contributed by atoms with Gasteiger partial charge in [-0.05, 0) is 68.4 Å². The molecule has 0 fully saturated rings. The van der Waals surface area contributed by atoms with Gasteiger partial charge in [-0.3, -0.25) is 13.9 Å². The fourth-order valence-corrected chi connectivity index (χ4v) is 5.39. The van der Waals surface area contributed by atoms with Crippen molar-refractivity contribution in [2.24, 2.45) is 0 Å². The number of hydrogen-bond donors (Lipinski definition) is 1. The maximum absolute atomic E-state index is 13.7. The molecule has 0 saturated carbocycles. The van der Waals surface area contributed by atoms with Gasteiger partial charge in [0.1, 0.15) is 11.6 Å². The first-order valence-corrected chi connectivity index (χ1v) is 12.4. The fraction of sp³-hybridized carbons (Fsp3) is 0.200. The topological polar surface area (TPSA) is 99.4 Å². The predicted molar refractivity (Wildman–Crippen MR) is 130 cm³/mol. The van der Waals surface area contributed by atoms with E-state index in [2.05, 4.69) is 5.32 Å². The molecule has 0 saturated heterocycles. The Bertz CT molecular complexity index is 1590. The van der Waals surface area contributed by atoms with E-state index in [0.717, 1.165) is 6.07 Å². The minimum Gasteiger partial charge on any atom is -0.497 e. The van der Waals surface area contributed by atoms with E-state index in [1.165, 1.54) is 70.8 Å². The van der Waals surface area contributed by atoms with Gasteiger partial charge in [-0.2, -0.15) is 0 Å². The number of rotatable bonds is 7. The first-order valence-electron chi connectivity index (χ1n) is 10.9. The molecular formula is C25H24FN3O5S. The minimum atomic E-state index is -4.13. The molecule has 0 atom stereocenters. The van der Waals surface area contributed by atoms with Crippen LogP contribution in [0.15, 0.2) is 75.2 Å². The van der Waals surface area contributed by atoms with E-state index >= 15 is 0 Å². The highest BCUT2D eigenvalue weighted by Crippen LogP contribution is 2.33. The zero-order valence-corrected chi connectivity index (χ0v) is 20.2. The number of methoxy groups -OCH3 is 1. The van der Waals surface area contributed by atoms with Gasteiger partial charge in [0.2, 0.25) is 9.84 Å². The van der Waals surface area contributed by atoms with Crippen LogP contribution >= 0.6 is 0 Å². The van der Waals surface area contributed by atoms with Crippen LogP contribution in [0.4, 0.5) is 10.1 Å². The largest absolute Gasteiger partial charge is 0.497 e. The number of fused-ring (bicyclic) bond motifs is 1. The number of ether oxygens (including phenoxy) is 1. The van der Waals surface area contributed by atoms with Crippen molar-refractivity contribution in [3.8, 4) is 5.75 Å². The SMILES string of the molecule is CCn1c(=O)n(CC)c2cc(S(=O)(=O)c3ccc(OC)cc3)c(NC(=O)c3cccc(F)c3)cc21. The van der Waals surface area contributed by atoms with Gasteiger partial charge in [0.25, 0.3) is 5.91 Å². The maximum atomic E-state index is 13.7. The number of benzene rings is 3. The third-order valence-electron chi connectivity index (χ3n) is 5.75. The third-order valence-corrected chi connectivity index (χ3v) is 7.56. The Morgan fingerprint density at radius 3 is 2.17 bits per heavy atom. The highest BCUT2D eigenvalue weighted by Gasteiger charge is 2.26. The number of nitrogens with zero attached hydrogens (tertiary/aromatic N) is 2. The molecule has 0 radical (unpaired) electrons. The molecule has 1 aromatic heterocycles. The number of aromatic nitrogens is 2. The molecule has 10 heteroatoms. The van der Waals surface area contributed by atoms with Crippen LogP contribution in [0.1, 0.15) is 24.2 Å². The average Bonchev–Trinajstić information content (AvgIpc) is 3.12. The number of imidazole rings is 1. The molecule has 1 N–H and O–H groups in total. The number of hydrogen-bond acceptors (Lipinski definition) is 5. The molecular weight excluding hydrogens is 473 g/mol. The van der Waals surface area contributed by atoms with E-state index in [4.69, 9.17) is 4.74 Å². The number of carbonyl (C=O) groups excluding carboxylic acids is 1. The second-order valence-corrected chi connectivity index (χ2v) is 9.67. The predicted octanol–water partition coefficient (Wildman–Crippen LogP) is 4.08. The van der Waals surface area contributed by atoms with Gasteiger partial charge < -0.3 is 10.1 Å². The van der Waals surface area contributed by atoms with Gasteiger partial charge >= 0.3 is 5.69 Å². The lowest BCUT2D eigenvalue weighted by molar-refractivity contribution is 0.102. The number of carbonyl (C=O) groups is 1. The summed E-state index contributed by atoms with van der Waals surface area (Å²) in [5.74, 6) is -0.798. The Morgan fingerprint density at radius 1 is 0.971 bits per heavy atom. The van der Waals surface area contributed by atoms with Crippen LogP contribution in [0, 0.1) is 5.82 Å². The molecule has 4 rings (SSSR count). The normalized spacial score (nSPS) is 11.5. The molecule has 0 unspecified atom stereocenters. The first-order chi connectivity index (χ1) is 16.7. The molecule has 182 valence electrons. The van der Waals surface area contributed by atoms with E-state index in [9.17, 15) is 22.4 Å². The summed E-state index contributed by atoms with van der Waals surface area (Å²) in [6.45, 7) is 4.27. The summed E-state index contributed by atoms with van der Waals surface area (Å²) in [6, 6.07) is 13.8. The van der Waals surface area contributed by atoms with Gasteiger partial charge in [0.15, 0.2) is 0 Å². The standard InChI is InChI=1S/C25H24FN3O5S/c1-4-28-21-14-20(27-24(30)16-7-6-8-17(26)13-16)23(15-22(21)29(5-2)25(28)31)35(32,33)19-11-9-18(34-3)10-12-19/h6-15H,4-5H2,1-3H3,(H,27,30). The number of sulfone groups is 1. The molecule has 4 aromatic rings. The smallest absolute Gasteiger partial charge is 0.329 e. The van der Waals surface area contributed by atoms with Gasteiger partial charge in [0, 0.05) is 18.7 Å². The lowest BCUT2D eigenvalue weighted by Gasteiger charge is -2.14. The Labute approximate surface area is 201 Å². The van der Waals surface area contributed by atoms with Crippen LogP contribution in [-0.4, -0.2) is 30.6 Å². The van der Waals surface area contributed by atoms with E-state index in [1.54, 1.807) is 13.8 Å². The van der Waals surface area contributed by atoms with Crippen LogP contribution in [0.3, 0.4) is 0 Å². The van der Waals surface area contributed by atoms with E-state index < -0.39 is 21.6 Å². The summed E-state index contributed by atoms with van der Waals surface area (Å²) in [5, 5.41) is 2.61. The highest BCUT2D eigenvalue weighted by molar-refractivity contribution is 7.91. The molecule has 0 bridgehead atoms. The maximum Gasteiger partial charge on any atom is 0.329 e. The van der Waals surface area contributed by atoms with Gasteiger partial charge in [0.05, 0.1) is 33.6 Å². The van der Waals surface area contributed by atoms with E-state index in [-0.39, 0.29) is 26.7 Å². The zero-order chi connectivity index (χ0) is 25.3. The molecule has 0 aliphatic rings. The fourth-order valence-electron chi connectivity index (χ4n) is 3.98. The van der Waals surface area contributed by atoms with Crippen LogP contribution in [0.5, 0.6) is 5.75 Å². The quantitative estimate of drug-likeness (QED) is 0.415.